The fourth-order valence-corrected chi connectivity index (χ4v) is 2.82. The second kappa shape index (κ2) is 3.81. The Kier molecular flexibility index (Phi) is 3.26. The van der Waals surface area contributed by atoms with Crippen molar-refractivity contribution in [1.82, 2.24) is 0 Å². The lowest BCUT2D eigenvalue weighted by molar-refractivity contribution is 0.358. The van der Waals surface area contributed by atoms with Gasteiger partial charge in [0.15, 0.2) is 9.84 Å². The molecule has 3 nitrogen and oxygen atoms in total. The second-order valence-corrected chi connectivity index (χ2v) is 7.54. The number of nitrogens with two attached hydrogens (primary N) is 1. The van der Waals surface area contributed by atoms with Crippen molar-refractivity contribution >= 4 is 9.84 Å². The Morgan fingerprint density at radius 2 is 1.71 bits per heavy atom. The summed E-state index contributed by atoms with van der Waals surface area (Å²) in [5.74, 6) is 0.389. The monoisotopic (exact) mass is 219 g/mol. The van der Waals surface area contributed by atoms with Gasteiger partial charge in [-0.15, -0.1) is 0 Å². The van der Waals surface area contributed by atoms with E-state index in [2.05, 4.69) is 0 Å². The van der Waals surface area contributed by atoms with Crippen LogP contribution < -0.4 is 5.73 Å². The van der Waals surface area contributed by atoms with Gasteiger partial charge in [0.2, 0.25) is 0 Å². The maximum Gasteiger partial charge on any atom is 0.154 e. The van der Waals surface area contributed by atoms with Crippen LogP contribution in [0.25, 0.3) is 0 Å². The number of hydrogen-bond acceptors (Lipinski definition) is 3. The third-order valence-electron chi connectivity index (χ3n) is 3.67. The van der Waals surface area contributed by atoms with Crippen LogP contribution in [0.1, 0.15) is 39.5 Å². The molecule has 1 aliphatic rings. The van der Waals surface area contributed by atoms with Crippen LogP contribution in [-0.4, -0.2) is 25.5 Å². The topological polar surface area (TPSA) is 60.2 Å². The molecule has 0 amide bonds. The summed E-state index contributed by atoms with van der Waals surface area (Å²) < 4.78 is 22.4. The summed E-state index contributed by atoms with van der Waals surface area (Å²) in [5, 5.41) is 0. The van der Waals surface area contributed by atoms with E-state index in [9.17, 15) is 8.42 Å². The first kappa shape index (κ1) is 12.0. The molecule has 0 aromatic heterocycles. The Balaban J connectivity index is 2.81. The third-order valence-corrected chi connectivity index (χ3v) is 5.85. The molecule has 0 heterocycles. The molecule has 14 heavy (non-hydrogen) atoms. The van der Waals surface area contributed by atoms with E-state index in [4.69, 9.17) is 5.73 Å². The lowest BCUT2D eigenvalue weighted by Gasteiger charge is -2.33. The van der Waals surface area contributed by atoms with E-state index in [1.165, 1.54) is 19.1 Å². The Hall–Kier alpha value is -0.0900. The molecule has 0 radical (unpaired) electrons. The molecule has 1 atom stereocenters. The van der Waals surface area contributed by atoms with Crippen LogP contribution in [0.15, 0.2) is 0 Å². The standard InChI is InChI=1S/C10H21NO2S/c1-10(2,14(3,12)13)9(11)8-6-4-5-7-8/h8-9H,4-7,11H2,1-3H3. The summed E-state index contributed by atoms with van der Waals surface area (Å²) in [4.78, 5) is 0. The van der Waals surface area contributed by atoms with Crippen molar-refractivity contribution in [3.63, 3.8) is 0 Å². The minimum absolute atomic E-state index is 0.222. The quantitative estimate of drug-likeness (QED) is 0.779. The maximum absolute atomic E-state index is 11.6. The van der Waals surface area contributed by atoms with Crippen molar-refractivity contribution in [2.24, 2.45) is 11.7 Å². The van der Waals surface area contributed by atoms with Crippen LogP contribution in [0.2, 0.25) is 0 Å². The van der Waals surface area contributed by atoms with E-state index >= 15 is 0 Å². The molecule has 0 saturated heterocycles. The average molecular weight is 219 g/mol. The molecule has 0 aromatic carbocycles. The lowest BCUT2D eigenvalue weighted by Crippen LogP contribution is -2.52. The highest BCUT2D eigenvalue weighted by Crippen LogP contribution is 2.33. The third kappa shape index (κ3) is 2.11. The molecule has 0 spiro atoms. The normalized spacial score (nSPS) is 22.6. The first-order valence-corrected chi connectivity index (χ1v) is 7.11. The molecule has 1 fully saturated rings. The van der Waals surface area contributed by atoms with Gasteiger partial charge in [0, 0.05) is 12.3 Å². The highest BCUT2D eigenvalue weighted by molar-refractivity contribution is 7.92. The van der Waals surface area contributed by atoms with Gasteiger partial charge in [-0.25, -0.2) is 8.42 Å². The molecule has 1 saturated carbocycles. The molecule has 2 N–H and O–H groups in total. The zero-order valence-corrected chi connectivity index (χ0v) is 10.1. The van der Waals surface area contributed by atoms with Gasteiger partial charge in [0.25, 0.3) is 0 Å². The molecular formula is C10H21NO2S. The van der Waals surface area contributed by atoms with E-state index in [1.807, 2.05) is 0 Å². The predicted molar refractivity (Wildman–Crippen MR) is 58.9 cm³/mol. The molecule has 0 aromatic rings. The molecular weight excluding hydrogens is 198 g/mol. The van der Waals surface area contributed by atoms with Crippen molar-refractivity contribution < 1.29 is 8.42 Å². The van der Waals surface area contributed by atoms with Gasteiger partial charge in [-0.05, 0) is 32.6 Å². The van der Waals surface area contributed by atoms with Crippen LogP contribution in [0.5, 0.6) is 0 Å². The Labute approximate surface area is 87.0 Å². The van der Waals surface area contributed by atoms with Crippen molar-refractivity contribution in [1.29, 1.82) is 0 Å². The Morgan fingerprint density at radius 3 is 2.07 bits per heavy atom. The number of sulfone groups is 1. The number of hydrogen-bond donors (Lipinski definition) is 1. The summed E-state index contributed by atoms with van der Waals surface area (Å²) in [6.45, 7) is 3.48. The van der Waals surface area contributed by atoms with E-state index in [0.29, 0.717) is 5.92 Å². The molecule has 0 aliphatic heterocycles. The van der Waals surface area contributed by atoms with Gasteiger partial charge in [-0.1, -0.05) is 12.8 Å². The van der Waals surface area contributed by atoms with Crippen molar-refractivity contribution in [3.05, 3.63) is 0 Å². The summed E-state index contributed by atoms with van der Waals surface area (Å²) >= 11 is 0. The van der Waals surface area contributed by atoms with E-state index < -0.39 is 14.6 Å². The fourth-order valence-electron chi connectivity index (χ4n) is 2.13. The Morgan fingerprint density at radius 1 is 1.29 bits per heavy atom. The van der Waals surface area contributed by atoms with Gasteiger partial charge >= 0.3 is 0 Å². The smallest absolute Gasteiger partial charge is 0.154 e. The highest BCUT2D eigenvalue weighted by Gasteiger charge is 2.41. The molecule has 1 unspecified atom stereocenters. The van der Waals surface area contributed by atoms with Gasteiger partial charge in [-0.2, -0.15) is 0 Å². The number of rotatable bonds is 3. The van der Waals surface area contributed by atoms with Crippen LogP contribution >= 0.6 is 0 Å². The summed E-state index contributed by atoms with van der Waals surface area (Å²) in [6.07, 6.45) is 5.83. The van der Waals surface area contributed by atoms with Crippen molar-refractivity contribution in [2.75, 3.05) is 6.26 Å². The molecule has 0 bridgehead atoms. The lowest BCUT2D eigenvalue weighted by atomic mass is 9.89. The van der Waals surface area contributed by atoms with Gasteiger partial charge in [-0.3, -0.25) is 0 Å². The molecule has 1 rings (SSSR count). The van der Waals surface area contributed by atoms with Gasteiger partial charge in [0.1, 0.15) is 0 Å². The zero-order valence-electron chi connectivity index (χ0n) is 9.29. The van der Waals surface area contributed by atoms with Crippen LogP contribution in [0.3, 0.4) is 0 Å². The molecule has 1 aliphatic carbocycles. The van der Waals surface area contributed by atoms with E-state index in [1.54, 1.807) is 13.8 Å². The van der Waals surface area contributed by atoms with Crippen molar-refractivity contribution in [2.45, 2.75) is 50.3 Å². The summed E-state index contributed by atoms with van der Waals surface area (Å²) in [5.41, 5.74) is 6.06. The van der Waals surface area contributed by atoms with E-state index in [0.717, 1.165) is 12.8 Å². The maximum atomic E-state index is 11.6. The zero-order chi connectivity index (χ0) is 11.0. The fraction of sp³-hybridized carbons (Fsp3) is 1.00. The van der Waals surface area contributed by atoms with Gasteiger partial charge < -0.3 is 5.73 Å². The van der Waals surface area contributed by atoms with E-state index in [-0.39, 0.29) is 6.04 Å². The average Bonchev–Trinajstić information content (AvgIpc) is 2.52. The minimum atomic E-state index is -3.06. The van der Waals surface area contributed by atoms with Gasteiger partial charge in [0.05, 0.1) is 4.75 Å². The molecule has 4 heteroatoms. The van der Waals surface area contributed by atoms with Crippen LogP contribution in [0, 0.1) is 5.92 Å². The van der Waals surface area contributed by atoms with Crippen LogP contribution in [-0.2, 0) is 9.84 Å². The SMILES string of the molecule is CC(C)(C(N)C1CCCC1)S(C)(=O)=O. The molecule has 84 valence electrons. The Bertz CT molecular complexity index is 289. The minimum Gasteiger partial charge on any atom is -0.326 e. The van der Waals surface area contributed by atoms with Crippen molar-refractivity contribution in [3.8, 4) is 0 Å². The predicted octanol–water partition coefficient (Wildman–Crippen LogP) is 1.33. The first-order valence-electron chi connectivity index (χ1n) is 5.22. The summed E-state index contributed by atoms with van der Waals surface area (Å²) in [6, 6.07) is -0.222. The van der Waals surface area contributed by atoms with Crippen LogP contribution in [0.4, 0.5) is 0 Å². The second-order valence-electron chi connectivity index (χ2n) is 4.95. The first-order chi connectivity index (χ1) is 6.27. The summed E-state index contributed by atoms with van der Waals surface area (Å²) in [7, 11) is -3.06. The highest BCUT2D eigenvalue weighted by atomic mass is 32.2. The largest absolute Gasteiger partial charge is 0.326 e.